The zero-order chi connectivity index (χ0) is 19.9. The molecular weight excluding hydrogens is 359 g/mol. The Kier molecular flexibility index (Phi) is 6.42. The highest BCUT2D eigenvalue weighted by atomic mass is 19.1. The van der Waals surface area contributed by atoms with Gasteiger partial charge in [-0.15, -0.1) is 0 Å². The summed E-state index contributed by atoms with van der Waals surface area (Å²) < 4.78 is 24.7. The summed E-state index contributed by atoms with van der Waals surface area (Å²) in [6.45, 7) is 2.23. The minimum absolute atomic E-state index is 0.0294. The van der Waals surface area contributed by atoms with E-state index in [1.165, 1.54) is 6.07 Å². The van der Waals surface area contributed by atoms with Crippen molar-refractivity contribution in [3.8, 4) is 17.2 Å². The van der Waals surface area contributed by atoms with Crippen molar-refractivity contribution < 1.29 is 18.3 Å². The highest BCUT2D eigenvalue weighted by molar-refractivity contribution is 5.76. The number of nitrogens with one attached hydrogen (secondary N) is 1. The molecule has 0 radical (unpaired) electrons. The number of carbonyl (C=O) groups excluding carboxylic acids is 1. The van der Waals surface area contributed by atoms with Gasteiger partial charge < -0.3 is 14.5 Å². The van der Waals surface area contributed by atoms with E-state index in [-0.39, 0.29) is 17.6 Å². The molecular formula is C22H23FN2O3. The number of carbonyl (C=O) groups is 1. The van der Waals surface area contributed by atoms with Gasteiger partial charge in [-0.25, -0.2) is 9.37 Å². The van der Waals surface area contributed by atoms with Crippen LogP contribution in [0.15, 0.2) is 52.9 Å². The second-order valence-corrected chi connectivity index (χ2v) is 6.45. The number of ether oxygens (including phenoxy) is 1. The van der Waals surface area contributed by atoms with Gasteiger partial charge in [0.1, 0.15) is 17.3 Å². The maximum absolute atomic E-state index is 13.9. The number of rotatable bonds is 8. The van der Waals surface area contributed by atoms with Gasteiger partial charge in [-0.2, -0.15) is 0 Å². The van der Waals surface area contributed by atoms with Gasteiger partial charge in [0.25, 0.3) is 0 Å². The molecule has 146 valence electrons. The van der Waals surface area contributed by atoms with Crippen LogP contribution >= 0.6 is 0 Å². The second kappa shape index (κ2) is 9.17. The van der Waals surface area contributed by atoms with Crippen LogP contribution in [0.4, 0.5) is 4.39 Å². The van der Waals surface area contributed by atoms with E-state index in [0.29, 0.717) is 42.8 Å². The van der Waals surface area contributed by atoms with Crippen molar-refractivity contribution in [1.29, 1.82) is 0 Å². The molecule has 3 aromatic rings. The third kappa shape index (κ3) is 4.97. The number of aromatic nitrogens is 1. The molecule has 1 aromatic heterocycles. The van der Waals surface area contributed by atoms with Crippen LogP contribution in [0.5, 0.6) is 5.75 Å². The molecule has 1 amide bonds. The number of amides is 1. The fourth-order valence-corrected chi connectivity index (χ4v) is 2.90. The molecule has 0 fully saturated rings. The summed E-state index contributed by atoms with van der Waals surface area (Å²) in [5.74, 6) is 1.27. The van der Waals surface area contributed by atoms with Gasteiger partial charge in [0.15, 0.2) is 0 Å². The van der Waals surface area contributed by atoms with E-state index in [2.05, 4.69) is 10.3 Å². The molecule has 0 atom stereocenters. The van der Waals surface area contributed by atoms with E-state index in [9.17, 15) is 9.18 Å². The lowest BCUT2D eigenvalue weighted by atomic mass is 10.1. The van der Waals surface area contributed by atoms with E-state index in [4.69, 9.17) is 9.15 Å². The number of oxazole rings is 1. The van der Waals surface area contributed by atoms with Crippen molar-refractivity contribution in [2.45, 2.75) is 26.2 Å². The molecule has 0 aliphatic rings. The van der Waals surface area contributed by atoms with Crippen LogP contribution in [0.1, 0.15) is 23.4 Å². The lowest BCUT2D eigenvalue weighted by Gasteiger charge is -2.06. The summed E-state index contributed by atoms with van der Waals surface area (Å²) >= 11 is 0. The van der Waals surface area contributed by atoms with Crippen molar-refractivity contribution in [3.05, 3.63) is 71.4 Å². The molecule has 3 rings (SSSR count). The molecule has 0 saturated carbocycles. The minimum Gasteiger partial charge on any atom is -0.497 e. The second-order valence-electron chi connectivity index (χ2n) is 6.45. The summed E-state index contributed by atoms with van der Waals surface area (Å²) in [6.07, 6.45) is 1.56. The maximum atomic E-state index is 13.9. The molecule has 0 aliphatic heterocycles. The lowest BCUT2D eigenvalue weighted by molar-refractivity contribution is -0.121. The van der Waals surface area contributed by atoms with Crippen molar-refractivity contribution in [3.63, 3.8) is 0 Å². The first-order chi connectivity index (χ1) is 13.6. The predicted molar refractivity (Wildman–Crippen MR) is 105 cm³/mol. The number of halogens is 1. The van der Waals surface area contributed by atoms with Gasteiger partial charge in [0, 0.05) is 19.4 Å². The average Bonchev–Trinajstić information content (AvgIpc) is 3.07. The summed E-state index contributed by atoms with van der Waals surface area (Å²) in [5, 5.41) is 2.89. The fraction of sp³-hybridized carbons (Fsp3) is 0.273. The van der Waals surface area contributed by atoms with E-state index >= 15 is 0 Å². The van der Waals surface area contributed by atoms with E-state index in [1.807, 2.05) is 24.3 Å². The van der Waals surface area contributed by atoms with Crippen molar-refractivity contribution in [1.82, 2.24) is 10.3 Å². The first kappa shape index (κ1) is 19.6. The van der Waals surface area contributed by atoms with E-state index in [0.717, 1.165) is 11.3 Å². The first-order valence-electron chi connectivity index (χ1n) is 9.17. The van der Waals surface area contributed by atoms with Crippen LogP contribution in [-0.4, -0.2) is 24.5 Å². The topological polar surface area (TPSA) is 64.4 Å². The van der Waals surface area contributed by atoms with Crippen LogP contribution < -0.4 is 10.1 Å². The molecule has 0 unspecified atom stereocenters. The Hall–Kier alpha value is -3.15. The molecule has 1 heterocycles. The molecule has 0 saturated heterocycles. The van der Waals surface area contributed by atoms with Gasteiger partial charge in [-0.05, 0) is 43.2 Å². The summed E-state index contributed by atoms with van der Waals surface area (Å²) in [6, 6.07) is 14.0. The van der Waals surface area contributed by atoms with E-state index < -0.39 is 0 Å². The van der Waals surface area contributed by atoms with Crippen LogP contribution in [0.3, 0.4) is 0 Å². The molecule has 2 aromatic carbocycles. The number of methoxy groups -OCH3 is 1. The maximum Gasteiger partial charge on any atom is 0.229 e. The molecule has 6 heteroatoms. The highest BCUT2D eigenvalue weighted by Crippen LogP contribution is 2.24. The van der Waals surface area contributed by atoms with Crippen LogP contribution in [0.25, 0.3) is 11.5 Å². The largest absolute Gasteiger partial charge is 0.497 e. The number of benzene rings is 2. The molecule has 0 spiro atoms. The number of hydrogen-bond acceptors (Lipinski definition) is 4. The first-order valence-corrected chi connectivity index (χ1v) is 9.17. The Bertz CT molecular complexity index is 952. The fourth-order valence-electron chi connectivity index (χ4n) is 2.90. The zero-order valence-electron chi connectivity index (χ0n) is 16.0. The van der Waals surface area contributed by atoms with Crippen LogP contribution in [0, 0.1) is 12.7 Å². The molecule has 0 aliphatic carbocycles. The SMILES string of the molecule is COc1cccc(CCC(=O)NCCc2nc(-c3ccccc3F)oc2C)c1. The Morgan fingerprint density at radius 2 is 2.00 bits per heavy atom. The standard InChI is InChI=1S/C22H23FN2O3/c1-15-20(25-22(28-15)18-8-3-4-9-19(18)23)12-13-24-21(26)11-10-16-6-5-7-17(14-16)27-2/h3-9,14H,10-13H2,1-2H3,(H,24,26). The van der Waals surface area contributed by atoms with Gasteiger partial charge in [0.2, 0.25) is 11.8 Å². The van der Waals surface area contributed by atoms with Crippen molar-refractivity contribution in [2.24, 2.45) is 0 Å². The van der Waals surface area contributed by atoms with Gasteiger partial charge in [0.05, 0.1) is 18.4 Å². The molecule has 5 nitrogen and oxygen atoms in total. The Balaban J connectivity index is 1.49. The Morgan fingerprint density at radius 3 is 2.79 bits per heavy atom. The third-order valence-electron chi connectivity index (χ3n) is 4.46. The number of aryl methyl sites for hydroxylation is 2. The minimum atomic E-state index is -0.374. The summed E-state index contributed by atoms with van der Waals surface area (Å²) in [5.41, 5.74) is 2.10. The third-order valence-corrected chi connectivity index (χ3v) is 4.46. The quantitative estimate of drug-likeness (QED) is 0.637. The predicted octanol–water partition coefficient (Wildman–Crippen LogP) is 4.09. The van der Waals surface area contributed by atoms with Crippen LogP contribution in [-0.2, 0) is 17.6 Å². The summed E-state index contributed by atoms with van der Waals surface area (Å²) in [4.78, 5) is 16.5. The van der Waals surface area contributed by atoms with Crippen LogP contribution in [0.2, 0.25) is 0 Å². The smallest absolute Gasteiger partial charge is 0.229 e. The Morgan fingerprint density at radius 1 is 1.18 bits per heavy atom. The molecule has 1 N–H and O–H groups in total. The van der Waals surface area contributed by atoms with Gasteiger partial charge >= 0.3 is 0 Å². The number of nitrogens with zero attached hydrogens (tertiary/aromatic N) is 1. The van der Waals surface area contributed by atoms with Crippen molar-refractivity contribution >= 4 is 5.91 Å². The average molecular weight is 382 g/mol. The highest BCUT2D eigenvalue weighted by Gasteiger charge is 2.14. The lowest BCUT2D eigenvalue weighted by Crippen LogP contribution is -2.26. The van der Waals surface area contributed by atoms with Crippen molar-refractivity contribution in [2.75, 3.05) is 13.7 Å². The van der Waals surface area contributed by atoms with Gasteiger partial charge in [-0.1, -0.05) is 24.3 Å². The molecule has 0 bridgehead atoms. The van der Waals surface area contributed by atoms with Gasteiger partial charge in [-0.3, -0.25) is 4.79 Å². The monoisotopic (exact) mass is 382 g/mol. The zero-order valence-corrected chi connectivity index (χ0v) is 16.0. The number of hydrogen-bond donors (Lipinski definition) is 1. The Labute approximate surface area is 163 Å². The summed E-state index contributed by atoms with van der Waals surface area (Å²) in [7, 11) is 1.62. The molecule has 28 heavy (non-hydrogen) atoms. The van der Waals surface area contributed by atoms with E-state index in [1.54, 1.807) is 32.2 Å². The normalized spacial score (nSPS) is 10.7.